The van der Waals surface area contributed by atoms with Crippen molar-refractivity contribution in [3.63, 3.8) is 0 Å². The highest BCUT2D eigenvalue weighted by Gasteiger charge is 2.24. The second-order valence-corrected chi connectivity index (χ2v) is 4.91. The van der Waals surface area contributed by atoms with Crippen molar-refractivity contribution in [3.8, 4) is 11.5 Å². The van der Waals surface area contributed by atoms with E-state index in [2.05, 4.69) is 0 Å². The Kier molecular flexibility index (Phi) is 3.85. The van der Waals surface area contributed by atoms with Crippen molar-refractivity contribution >= 4 is 22.7 Å². The van der Waals surface area contributed by atoms with Crippen LogP contribution in [0.25, 0.3) is 11.0 Å². The Labute approximate surface area is 132 Å². The van der Waals surface area contributed by atoms with E-state index in [9.17, 15) is 9.59 Å². The molecule has 3 aromatic rings. The topological polar surface area (TPSA) is 65.7 Å². The van der Waals surface area contributed by atoms with Crippen LogP contribution in [0, 0.1) is 0 Å². The van der Waals surface area contributed by atoms with Gasteiger partial charge in [0, 0.05) is 12.5 Å². The fourth-order valence-corrected chi connectivity index (χ4v) is 2.29. The van der Waals surface area contributed by atoms with E-state index < -0.39 is 5.97 Å². The highest BCUT2D eigenvalue weighted by molar-refractivity contribution is 6.12. The van der Waals surface area contributed by atoms with Crippen molar-refractivity contribution in [1.29, 1.82) is 0 Å². The van der Waals surface area contributed by atoms with Gasteiger partial charge in [-0.2, -0.15) is 0 Å². The zero-order valence-corrected chi connectivity index (χ0v) is 12.7. The van der Waals surface area contributed by atoms with Crippen LogP contribution in [0.3, 0.4) is 0 Å². The quantitative estimate of drug-likeness (QED) is 0.544. The number of carbonyl (C=O) groups is 2. The molecule has 2 aromatic carbocycles. The number of benzene rings is 2. The number of hydrogen-bond donors (Lipinski definition) is 0. The minimum atomic E-state index is -0.514. The number of ether oxygens (including phenoxy) is 2. The van der Waals surface area contributed by atoms with Gasteiger partial charge in [0.1, 0.15) is 11.3 Å². The molecular formula is C18H14O5. The number of methoxy groups -OCH3 is 1. The molecule has 0 saturated heterocycles. The SMILES string of the molecule is COc1ccc(C(=O)c2oc3ccccc3c2OC(C)=O)cc1. The number of para-hydroxylation sites is 1. The maximum absolute atomic E-state index is 12.7. The van der Waals surface area contributed by atoms with Crippen LogP contribution in [0.1, 0.15) is 23.0 Å². The number of ketones is 1. The normalized spacial score (nSPS) is 10.5. The summed E-state index contributed by atoms with van der Waals surface area (Å²) in [4.78, 5) is 24.0. The lowest BCUT2D eigenvalue weighted by molar-refractivity contribution is -0.131. The molecule has 0 radical (unpaired) electrons. The van der Waals surface area contributed by atoms with Gasteiger partial charge in [-0.3, -0.25) is 9.59 Å². The van der Waals surface area contributed by atoms with Gasteiger partial charge in [0.05, 0.1) is 12.5 Å². The van der Waals surface area contributed by atoms with Gasteiger partial charge in [0.2, 0.25) is 11.5 Å². The lowest BCUT2D eigenvalue weighted by atomic mass is 10.1. The first kappa shape index (κ1) is 14.8. The molecule has 0 aliphatic heterocycles. The molecule has 0 aliphatic carbocycles. The van der Waals surface area contributed by atoms with E-state index >= 15 is 0 Å². The van der Waals surface area contributed by atoms with Crippen molar-refractivity contribution in [1.82, 2.24) is 0 Å². The van der Waals surface area contributed by atoms with Crippen molar-refractivity contribution in [2.24, 2.45) is 0 Å². The average molecular weight is 310 g/mol. The van der Waals surface area contributed by atoms with Gasteiger partial charge in [-0.25, -0.2) is 0 Å². The first-order chi connectivity index (χ1) is 11.1. The van der Waals surface area contributed by atoms with Gasteiger partial charge in [-0.05, 0) is 36.4 Å². The maximum atomic E-state index is 12.7. The van der Waals surface area contributed by atoms with E-state index in [1.165, 1.54) is 6.92 Å². The average Bonchev–Trinajstić information content (AvgIpc) is 2.92. The number of esters is 1. The molecule has 116 valence electrons. The van der Waals surface area contributed by atoms with Crippen LogP contribution in [0.5, 0.6) is 11.5 Å². The summed E-state index contributed by atoms with van der Waals surface area (Å²) >= 11 is 0. The van der Waals surface area contributed by atoms with E-state index in [0.29, 0.717) is 22.3 Å². The summed E-state index contributed by atoms with van der Waals surface area (Å²) in [5.74, 6) is -0.0766. The van der Waals surface area contributed by atoms with Crippen LogP contribution in [0.15, 0.2) is 52.9 Å². The molecule has 1 heterocycles. The molecule has 5 nitrogen and oxygen atoms in total. The molecule has 0 bridgehead atoms. The second-order valence-electron chi connectivity index (χ2n) is 4.91. The molecule has 0 amide bonds. The molecule has 0 atom stereocenters. The molecule has 0 spiro atoms. The Morgan fingerprint density at radius 2 is 1.70 bits per heavy atom. The smallest absolute Gasteiger partial charge is 0.308 e. The number of furan rings is 1. The Morgan fingerprint density at radius 3 is 2.35 bits per heavy atom. The van der Waals surface area contributed by atoms with Crippen LogP contribution in [0.2, 0.25) is 0 Å². The van der Waals surface area contributed by atoms with Gasteiger partial charge in [-0.1, -0.05) is 12.1 Å². The van der Waals surface area contributed by atoms with E-state index in [1.807, 2.05) is 0 Å². The van der Waals surface area contributed by atoms with Gasteiger partial charge in [-0.15, -0.1) is 0 Å². The number of hydrogen-bond acceptors (Lipinski definition) is 5. The highest BCUT2D eigenvalue weighted by Crippen LogP contribution is 2.34. The number of carbonyl (C=O) groups excluding carboxylic acids is 2. The first-order valence-electron chi connectivity index (χ1n) is 6.99. The fourth-order valence-electron chi connectivity index (χ4n) is 2.29. The van der Waals surface area contributed by atoms with Gasteiger partial charge < -0.3 is 13.9 Å². The van der Waals surface area contributed by atoms with Gasteiger partial charge >= 0.3 is 5.97 Å². The summed E-state index contributed by atoms with van der Waals surface area (Å²) in [6.45, 7) is 1.28. The van der Waals surface area contributed by atoms with Crippen molar-refractivity contribution in [2.45, 2.75) is 6.92 Å². The monoisotopic (exact) mass is 310 g/mol. The minimum Gasteiger partial charge on any atom is -0.497 e. The third-order valence-corrected chi connectivity index (χ3v) is 3.35. The lowest BCUT2D eigenvalue weighted by Gasteiger charge is -2.03. The minimum absolute atomic E-state index is 0.00608. The maximum Gasteiger partial charge on any atom is 0.308 e. The van der Waals surface area contributed by atoms with Gasteiger partial charge in [0.25, 0.3) is 0 Å². The van der Waals surface area contributed by atoms with Crippen LogP contribution in [-0.2, 0) is 4.79 Å². The largest absolute Gasteiger partial charge is 0.497 e. The summed E-state index contributed by atoms with van der Waals surface area (Å²) in [7, 11) is 1.55. The zero-order chi connectivity index (χ0) is 16.4. The molecule has 0 saturated carbocycles. The molecule has 1 aromatic heterocycles. The Hall–Kier alpha value is -3.08. The third-order valence-electron chi connectivity index (χ3n) is 3.35. The zero-order valence-electron chi connectivity index (χ0n) is 12.7. The second kappa shape index (κ2) is 5.96. The predicted octanol–water partition coefficient (Wildman–Crippen LogP) is 3.60. The third kappa shape index (κ3) is 2.81. The molecule has 5 heteroatoms. The van der Waals surface area contributed by atoms with Crippen LogP contribution in [-0.4, -0.2) is 18.9 Å². The highest BCUT2D eigenvalue weighted by atomic mass is 16.5. The van der Waals surface area contributed by atoms with E-state index in [1.54, 1.807) is 55.6 Å². The number of rotatable bonds is 4. The Bertz CT molecular complexity index is 874. The summed E-state index contributed by atoms with van der Waals surface area (Å²) < 4.78 is 15.9. The lowest BCUT2D eigenvalue weighted by Crippen LogP contribution is -2.07. The Morgan fingerprint density at radius 1 is 1.00 bits per heavy atom. The molecule has 0 aliphatic rings. The molecular weight excluding hydrogens is 296 g/mol. The van der Waals surface area contributed by atoms with Crippen LogP contribution < -0.4 is 9.47 Å². The summed E-state index contributed by atoms with van der Waals surface area (Å²) in [6, 6.07) is 13.6. The van der Waals surface area contributed by atoms with Gasteiger partial charge in [0.15, 0.2) is 5.75 Å². The first-order valence-corrected chi connectivity index (χ1v) is 6.99. The molecule has 0 N–H and O–H groups in total. The summed E-state index contributed by atoms with van der Waals surface area (Å²) in [5, 5.41) is 0.583. The van der Waals surface area contributed by atoms with Crippen molar-refractivity contribution in [2.75, 3.05) is 7.11 Å². The van der Waals surface area contributed by atoms with E-state index in [-0.39, 0.29) is 17.3 Å². The molecule has 0 fully saturated rings. The van der Waals surface area contributed by atoms with Crippen LogP contribution in [0.4, 0.5) is 0 Å². The van der Waals surface area contributed by atoms with E-state index in [0.717, 1.165) is 0 Å². The summed E-state index contributed by atoms with van der Waals surface area (Å²) in [5.41, 5.74) is 0.902. The predicted molar refractivity (Wildman–Crippen MR) is 83.9 cm³/mol. The number of fused-ring (bicyclic) bond motifs is 1. The summed E-state index contributed by atoms with van der Waals surface area (Å²) in [6.07, 6.45) is 0. The molecule has 3 rings (SSSR count). The molecule has 0 unspecified atom stereocenters. The van der Waals surface area contributed by atoms with Crippen molar-refractivity contribution < 1.29 is 23.5 Å². The van der Waals surface area contributed by atoms with Crippen molar-refractivity contribution in [3.05, 3.63) is 59.9 Å². The Balaban J connectivity index is 2.09. The van der Waals surface area contributed by atoms with Crippen LogP contribution >= 0.6 is 0 Å². The molecule has 23 heavy (non-hydrogen) atoms. The standard InChI is InChI=1S/C18H14O5/c1-11(19)22-17-14-5-3-4-6-15(14)23-18(17)16(20)12-7-9-13(21-2)10-8-12/h3-10H,1-2H3. The fraction of sp³-hybridized carbons (Fsp3) is 0.111. The van der Waals surface area contributed by atoms with E-state index in [4.69, 9.17) is 13.9 Å².